The standard InChI is InChI=1S/C15H25FN2O/c1-5-18(6-2)10-11(3)17-12(4)14-9-13(16)7-8-15(14)19/h7-9,11-12,17,19H,5-6,10H2,1-4H3. The van der Waals surface area contributed by atoms with Crippen molar-refractivity contribution in [2.24, 2.45) is 0 Å². The number of benzene rings is 1. The van der Waals surface area contributed by atoms with Gasteiger partial charge in [0.15, 0.2) is 0 Å². The van der Waals surface area contributed by atoms with Crippen LogP contribution in [0.15, 0.2) is 18.2 Å². The van der Waals surface area contributed by atoms with E-state index in [1.165, 1.54) is 18.2 Å². The molecule has 0 saturated carbocycles. The minimum Gasteiger partial charge on any atom is -0.508 e. The van der Waals surface area contributed by atoms with Gasteiger partial charge in [-0.15, -0.1) is 0 Å². The molecule has 4 heteroatoms. The van der Waals surface area contributed by atoms with Crippen molar-refractivity contribution in [3.05, 3.63) is 29.6 Å². The van der Waals surface area contributed by atoms with Crippen LogP contribution in [-0.4, -0.2) is 35.7 Å². The summed E-state index contributed by atoms with van der Waals surface area (Å²) >= 11 is 0. The van der Waals surface area contributed by atoms with Crippen LogP contribution in [0.25, 0.3) is 0 Å². The Balaban J connectivity index is 2.63. The van der Waals surface area contributed by atoms with Crippen LogP contribution < -0.4 is 5.32 Å². The summed E-state index contributed by atoms with van der Waals surface area (Å²) in [7, 11) is 0. The van der Waals surface area contributed by atoms with Gasteiger partial charge in [-0.05, 0) is 45.1 Å². The van der Waals surface area contributed by atoms with E-state index < -0.39 is 0 Å². The number of hydrogen-bond donors (Lipinski definition) is 2. The van der Waals surface area contributed by atoms with Gasteiger partial charge in [0, 0.05) is 24.2 Å². The van der Waals surface area contributed by atoms with Crippen molar-refractivity contribution in [3.8, 4) is 5.75 Å². The Labute approximate surface area is 115 Å². The van der Waals surface area contributed by atoms with Crippen LogP contribution in [0.1, 0.15) is 39.3 Å². The van der Waals surface area contributed by atoms with E-state index in [1.807, 2.05) is 6.92 Å². The first kappa shape index (κ1) is 15.9. The van der Waals surface area contributed by atoms with E-state index in [0.29, 0.717) is 5.56 Å². The maximum atomic E-state index is 13.2. The van der Waals surface area contributed by atoms with E-state index in [4.69, 9.17) is 0 Å². The maximum absolute atomic E-state index is 13.2. The lowest BCUT2D eigenvalue weighted by Crippen LogP contribution is -2.40. The minimum atomic E-state index is -0.321. The van der Waals surface area contributed by atoms with Crippen molar-refractivity contribution in [2.45, 2.75) is 39.8 Å². The number of rotatable bonds is 7. The molecule has 0 heterocycles. The molecule has 0 aromatic heterocycles. The molecule has 0 fully saturated rings. The molecule has 0 bridgehead atoms. The molecule has 3 nitrogen and oxygen atoms in total. The number of likely N-dealkylation sites (N-methyl/N-ethyl adjacent to an activating group) is 1. The normalized spacial score (nSPS) is 14.6. The summed E-state index contributed by atoms with van der Waals surface area (Å²) < 4.78 is 13.2. The molecular weight excluding hydrogens is 243 g/mol. The Hall–Kier alpha value is -1.13. The highest BCUT2D eigenvalue weighted by Gasteiger charge is 2.15. The average Bonchev–Trinajstić information content (AvgIpc) is 2.38. The molecule has 2 N–H and O–H groups in total. The number of nitrogens with zero attached hydrogens (tertiary/aromatic N) is 1. The van der Waals surface area contributed by atoms with Gasteiger partial charge in [-0.3, -0.25) is 0 Å². The van der Waals surface area contributed by atoms with E-state index in [0.717, 1.165) is 19.6 Å². The smallest absolute Gasteiger partial charge is 0.123 e. The number of nitrogens with one attached hydrogen (secondary N) is 1. The highest BCUT2D eigenvalue weighted by atomic mass is 19.1. The van der Waals surface area contributed by atoms with Crippen LogP contribution in [-0.2, 0) is 0 Å². The Morgan fingerprint density at radius 1 is 1.26 bits per heavy atom. The van der Waals surface area contributed by atoms with E-state index in [-0.39, 0.29) is 23.7 Å². The van der Waals surface area contributed by atoms with Crippen molar-refractivity contribution < 1.29 is 9.50 Å². The number of hydrogen-bond acceptors (Lipinski definition) is 3. The fourth-order valence-corrected chi connectivity index (χ4v) is 2.31. The van der Waals surface area contributed by atoms with Crippen molar-refractivity contribution in [1.29, 1.82) is 0 Å². The molecule has 1 rings (SSSR count). The third kappa shape index (κ3) is 4.80. The summed E-state index contributed by atoms with van der Waals surface area (Å²) in [5, 5.41) is 13.2. The van der Waals surface area contributed by atoms with Crippen LogP contribution in [0.5, 0.6) is 5.75 Å². The number of aromatic hydroxyl groups is 1. The van der Waals surface area contributed by atoms with E-state index >= 15 is 0 Å². The average molecular weight is 268 g/mol. The molecule has 0 radical (unpaired) electrons. The molecule has 108 valence electrons. The van der Waals surface area contributed by atoms with Gasteiger partial charge in [0.25, 0.3) is 0 Å². The van der Waals surface area contributed by atoms with Crippen molar-refractivity contribution in [2.75, 3.05) is 19.6 Å². The van der Waals surface area contributed by atoms with Gasteiger partial charge in [0.05, 0.1) is 0 Å². The van der Waals surface area contributed by atoms with Crippen LogP contribution in [0, 0.1) is 5.82 Å². The Morgan fingerprint density at radius 2 is 1.89 bits per heavy atom. The van der Waals surface area contributed by atoms with Crippen molar-refractivity contribution in [3.63, 3.8) is 0 Å². The molecule has 19 heavy (non-hydrogen) atoms. The molecular formula is C15H25FN2O. The molecule has 1 aromatic rings. The summed E-state index contributed by atoms with van der Waals surface area (Å²) in [6.07, 6.45) is 0. The summed E-state index contributed by atoms with van der Waals surface area (Å²) in [4.78, 5) is 2.33. The van der Waals surface area contributed by atoms with Crippen LogP contribution in [0.4, 0.5) is 4.39 Å². The summed E-state index contributed by atoms with van der Waals surface area (Å²) in [6, 6.07) is 4.25. The predicted octanol–water partition coefficient (Wildman–Crippen LogP) is 2.91. The van der Waals surface area contributed by atoms with Gasteiger partial charge >= 0.3 is 0 Å². The predicted molar refractivity (Wildman–Crippen MR) is 76.9 cm³/mol. The van der Waals surface area contributed by atoms with Crippen molar-refractivity contribution >= 4 is 0 Å². The lowest BCUT2D eigenvalue weighted by molar-refractivity contribution is 0.263. The zero-order chi connectivity index (χ0) is 14.4. The molecule has 2 atom stereocenters. The Morgan fingerprint density at radius 3 is 2.47 bits per heavy atom. The molecule has 2 unspecified atom stereocenters. The second-order valence-corrected chi connectivity index (χ2v) is 4.98. The van der Waals surface area contributed by atoms with Gasteiger partial charge in [0.2, 0.25) is 0 Å². The highest BCUT2D eigenvalue weighted by molar-refractivity contribution is 5.34. The third-order valence-corrected chi connectivity index (χ3v) is 3.42. The largest absolute Gasteiger partial charge is 0.508 e. The summed E-state index contributed by atoms with van der Waals surface area (Å²) in [6.45, 7) is 11.3. The lowest BCUT2D eigenvalue weighted by Gasteiger charge is -2.26. The molecule has 0 spiro atoms. The van der Waals surface area contributed by atoms with Gasteiger partial charge in [0.1, 0.15) is 11.6 Å². The fraction of sp³-hybridized carbons (Fsp3) is 0.600. The lowest BCUT2D eigenvalue weighted by atomic mass is 10.1. The van der Waals surface area contributed by atoms with Gasteiger partial charge in [-0.1, -0.05) is 13.8 Å². The maximum Gasteiger partial charge on any atom is 0.123 e. The first-order valence-electron chi connectivity index (χ1n) is 6.94. The molecule has 1 aromatic carbocycles. The van der Waals surface area contributed by atoms with Crippen LogP contribution in [0.3, 0.4) is 0 Å². The van der Waals surface area contributed by atoms with Crippen LogP contribution in [0.2, 0.25) is 0 Å². The molecule has 0 aliphatic rings. The number of halogens is 1. The van der Waals surface area contributed by atoms with E-state index in [1.54, 1.807) is 0 Å². The highest BCUT2D eigenvalue weighted by Crippen LogP contribution is 2.24. The van der Waals surface area contributed by atoms with E-state index in [2.05, 4.69) is 31.0 Å². The zero-order valence-corrected chi connectivity index (χ0v) is 12.3. The quantitative estimate of drug-likeness (QED) is 0.798. The molecule has 0 saturated heterocycles. The van der Waals surface area contributed by atoms with Crippen LogP contribution >= 0.6 is 0 Å². The van der Waals surface area contributed by atoms with Gasteiger partial charge < -0.3 is 15.3 Å². The summed E-state index contributed by atoms with van der Waals surface area (Å²) in [5.41, 5.74) is 0.603. The summed E-state index contributed by atoms with van der Waals surface area (Å²) in [5.74, 6) is -0.186. The molecule has 0 aliphatic carbocycles. The Kier molecular flexibility index (Phi) is 6.25. The topological polar surface area (TPSA) is 35.5 Å². The first-order chi connectivity index (χ1) is 8.97. The minimum absolute atomic E-state index is 0.0822. The third-order valence-electron chi connectivity index (χ3n) is 3.42. The van der Waals surface area contributed by atoms with Gasteiger partial charge in [-0.2, -0.15) is 0 Å². The van der Waals surface area contributed by atoms with Gasteiger partial charge in [-0.25, -0.2) is 4.39 Å². The first-order valence-corrected chi connectivity index (χ1v) is 6.94. The van der Waals surface area contributed by atoms with Crippen molar-refractivity contribution in [1.82, 2.24) is 10.2 Å². The second-order valence-electron chi connectivity index (χ2n) is 4.98. The fourth-order valence-electron chi connectivity index (χ4n) is 2.31. The Bertz CT molecular complexity index is 394. The monoisotopic (exact) mass is 268 g/mol. The zero-order valence-electron chi connectivity index (χ0n) is 12.3. The second kappa shape index (κ2) is 7.46. The molecule has 0 amide bonds. The van der Waals surface area contributed by atoms with E-state index in [9.17, 15) is 9.50 Å². The molecule has 0 aliphatic heterocycles. The SMILES string of the molecule is CCN(CC)CC(C)NC(C)c1cc(F)ccc1O. The number of phenolic OH excluding ortho intramolecular Hbond substituents is 1. The number of phenols is 1.